The van der Waals surface area contributed by atoms with Gasteiger partial charge in [-0.1, -0.05) is 0 Å². The van der Waals surface area contributed by atoms with Crippen LogP contribution in [0.3, 0.4) is 0 Å². The second kappa shape index (κ2) is 5.21. The van der Waals surface area contributed by atoms with Crippen LogP contribution in [0.25, 0.3) is 0 Å². The molecule has 2 rings (SSSR count). The Kier molecular flexibility index (Phi) is 3.67. The van der Waals surface area contributed by atoms with Gasteiger partial charge in [-0.25, -0.2) is 0 Å². The predicted molar refractivity (Wildman–Crippen MR) is 70.6 cm³/mol. The van der Waals surface area contributed by atoms with Crippen LogP contribution >= 0.6 is 0 Å². The first-order chi connectivity index (χ1) is 8.16. The summed E-state index contributed by atoms with van der Waals surface area (Å²) in [7, 11) is 0. The highest BCUT2D eigenvalue weighted by atomic mass is 16.3. The second-order valence-electron chi connectivity index (χ2n) is 4.76. The van der Waals surface area contributed by atoms with Crippen molar-refractivity contribution < 1.29 is 5.11 Å². The monoisotopic (exact) mass is 232 g/mol. The van der Waals surface area contributed by atoms with E-state index in [-0.39, 0.29) is 0 Å². The van der Waals surface area contributed by atoms with Crippen LogP contribution in [0.2, 0.25) is 0 Å². The highest BCUT2D eigenvalue weighted by Gasteiger charge is 2.06. The molecule has 3 heteroatoms. The average Bonchev–Trinajstić information content (AvgIpc) is 2.34. The summed E-state index contributed by atoms with van der Waals surface area (Å²) in [5.41, 5.74) is 2.87. The molecule has 0 spiro atoms. The maximum absolute atomic E-state index is 9.69. The fourth-order valence-electron chi connectivity index (χ4n) is 2.20. The minimum atomic E-state index is 0.389. The Morgan fingerprint density at radius 2 is 1.71 bits per heavy atom. The van der Waals surface area contributed by atoms with Gasteiger partial charge in [0.25, 0.3) is 0 Å². The fourth-order valence-corrected chi connectivity index (χ4v) is 2.20. The van der Waals surface area contributed by atoms with Crippen LogP contribution in [0.15, 0.2) is 17.2 Å². The zero-order chi connectivity index (χ0) is 12.3. The zero-order valence-electron chi connectivity index (χ0n) is 10.6. The van der Waals surface area contributed by atoms with Crippen LogP contribution in [-0.4, -0.2) is 29.4 Å². The topological polar surface area (TPSA) is 35.8 Å². The van der Waals surface area contributed by atoms with Gasteiger partial charge in [-0.3, -0.25) is 5.01 Å². The minimum absolute atomic E-state index is 0.389. The van der Waals surface area contributed by atoms with E-state index in [9.17, 15) is 5.11 Å². The number of hydrazone groups is 1. The summed E-state index contributed by atoms with van der Waals surface area (Å²) in [6, 6.07) is 3.94. The maximum Gasteiger partial charge on any atom is 0.121 e. The number of piperidine rings is 1. The molecule has 17 heavy (non-hydrogen) atoms. The van der Waals surface area contributed by atoms with Gasteiger partial charge in [0.1, 0.15) is 5.75 Å². The molecule has 92 valence electrons. The quantitative estimate of drug-likeness (QED) is 0.796. The normalized spacial score (nSPS) is 16.7. The van der Waals surface area contributed by atoms with Crippen LogP contribution in [0, 0.1) is 13.8 Å². The van der Waals surface area contributed by atoms with Gasteiger partial charge in [-0.05, 0) is 61.9 Å². The molecule has 0 unspecified atom stereocenters. The van der Waals surface area contributed by atoms with Crippen molar-refractivity contribution >= 4 is 6.21 Å². The van der Waals surface area contributed by atoms with Crippen LogP contribution in [0.5, 0.6) is 5.75 Å². The van der Waals surface area contributed by atoms with Crippen LogP contribution < -0.4 is 0 Å². The van der Waals surface area contributed by atoms with E-state index in [2.05, 4.69) is 10.1 Å². The molecule has 1 aliphatic rings. The lowest BCUT2D eigenvalue weighted by molar-refractivity contribution is 0.240. The summed E-state index contributed by atoms with van der Waals surface area (Å²) in [6.07, 6.45) is 5.70. The smallest absolute Gasteiger partial charge is 0.121 e. The van der Waals surface area contributed by atoms with Gasteiger partial charge in [-0.15, -0.1) is 0 Å². The number of hydrogen-bond donors (Lipinski definition) is 1. The van der Waals surface area contributed by atoms with Crippen LogP contribution in [-0.2, 0) is 0 Å². The Morgan fingerprint density at radius 3 is 2.29 bits per heavy atom. The van der Waals surface area contributed by atoms with Gasteiger partial charge in [-0.2, -0.15) is 5.10 Å². The summed E-state index contributed by atoms with van der Waals surface area (Å²) in [4.78, 5) is 0. The van der Waals surface area contributed by atoms with Crippen molar-refractivity contribution in [2.75, 3.05) is 13.1 Å². The molecular weight excluding hydrogens is 212 g/mol. The lowest BCUT2D eigenvalue weighted by Crippen LogP contribution is -2.24. The standard InChI is InChI=1S/C14H20N2O/c1-11-8-13(9-12(2)14(11)17)10-15-16-6-4-3-5-7-16/h8-10,17H,3-7H2,1-2H3/b15-10+. The van der Waals surface area contributed by atoms with Crippen molar-refractivity contribution in [3.63, 3.8) is 0 Å². The largest absolute Gasteiger partial charge is 0.507 e. The number of hydrogen-bond acceptors (Lipinski definition) is 3. The van der Waals surface area contributed by atoms with Crippen LogP contribution in [0.4, 0.5) is 0 Å². The van der Waals surface area contributed by atoms with Crippen molar-refractivity contribution in [2.45, 2.75) is 33.1 Å². The summed E-state index contributed by atoms with van der Waals surface area (Å²) in [5, 5.41) is 16.3. The zero-order valence-corrected chi connectivity index (χ0v) is 10.6. The molecule has 0 aliphatic carbocycles. The van der Waals surface area contributed by atoms with Crippen molar-refractivity contribution in [3.05, 3.63) is 28.8 Å². The maximum atomic E-state index is 9.69. The summed E-state index contributed by atoms with van der Waals surface area (Å²) in [6.45, 7) is 5.96. The number of benzene rings is 1. The fraction of sp³-hybridized carbons (Fsp3) is 0.500. The Balaban J connectivity index is 2.10. The number of phenols is 1. The Hall–Kier alpha value is -1.51. The van der Waals surface area contributed by atoms with Crippen LogP contribution in [0.1, 0.15) is 36.0 Å². The summed E-state index contributed by atoms with van der Waals surface area (Å²) in [5.74, 6) is 0.389. The summed E-state index contributed by atoms with van der Waals surface area (Å²) >= 11 is 0. The third kappa shape index (κ3) is 2.99. The van der Waals surface area contributed by atoms with Gasteiger partial charge >= 0.3 is 0 Å². The molecule has 1 aromatic carbocycles. The molecule has 0 radical (unpaired) electrons. The molecule has 0 aromatic heterocycles. The first-order valence-electron chi connectivity index (χ1n) is 6.26. The molecule has 0 saturated carbocycles. The Labute approximate surface area is 103 Å². The SMILES string of the molecule is Cc1cc(/C=N/N2CCCCC2)cc(C)c1O. The van der Waals surface area contributed by atoms with Crippen molar-refractivity contribution in [2.24, 2.45) is 5.10 Å². The number of rotatable bonds is 2. The van der Waals surface area contributed by atoms with Gasteiger partial charge in [0, 0.05) is 13.1 Å². The molecule has 0 atom stereocenters. The van der Waals surface area contributed by atoms with Crippen molar-refractivity contribution in [1.82, 2.24) is 5.01 Å². The Bertz CT molecular complexity index is 397. The van der Waals surface area contributed by atoms with E-state index in [1.807, 2.05) is 32.2 Å². The molecule has 1 saturated heterocycles. The lowest BCUT2D eigenvalue weighted by Gasteiger charge is -2.23. The molecule has 0 amide bonds. The number of aryl methyl sites for hydroxylation is 2. The molecule has 1 fully saturated rings. The molecule has 1 heterocycles. The molecular formula is C14H20N2O. The lowest BCUT2D eigenvalue weighted by atomic mass is 10.1. The predicted octanol–water partition coefficient (Wildman–Crippen LogP) is 2.83. The minimum Gasteiger partial charge on any atom is -0.507 e. The van der Waals surface area contributed by atoms with Crippen molar-refractivity contribution in [3.8, 4) is 5.75 Å². The number of nitrogens with zero attached hydrogens (tertiary/aromatic N) is 2. The first-order valence-corrected chi connectivity index (χ1v) is 6.26. The van der Waals surface area contributed by atoms with E-state index in [0.29, 0.717) is 5.75 Å². The van der Waals surface area contributed by atoms with Gasteiger partial charge in [0.15, 0.2) is 0 Å². The highest BCUT2D eigenvalue weighted by Crippen LogP contribution is 2.22. The first kappa shape index (κ1) is 12.0. The van der Waals surface area contributed by atoms with Gasteiger partial charge in [0.2, 0.25) is 0 Å². The molecule has 3 nitrogen and oxygen atoms in total. The van der Waals surface area contributed by atoms with Gasteiger partial charge in [0.05, 0.1) is 6.21 Å². The number of aromatic hydroxyl groups is 1. The van der Waals surface area contributed by atoms with E-state index < -0.39 is 0 Å². The molecule has 0 bridgehead atoms. The number of phenolic OH excluding ortho intramolecular Hbond substituents is 1. The molecule has 1 N–H and O–H groups in total. The van der Waals surface area contributed by atoms with E-state index in [4.69, 9.17) is 0 Å². The van der Waals surface area contributed by atoms with E-state index in [1.54, 1.807) is 0 Å². The third-order valence-corrected chi connectivity index (χ3v) is 3.22. The Morgan fingerprint density at radius 1 is 1.12 bits per heavy atom. The molecule has 1 aromatic rings. The average molecular weight is 232 g/mol. The van der Waals surface area contributed by atoms with E-state index >= 15 is 0 Å². The van der Waals surface area contributed by atoms with Crippen molar-refractivity contribution in [1.29, 1.82) is 0 Å². The van der Waals surface area contributed by atoms with E-state index in [0.717, 1.165) is 29.8 Å². The summed E-state index contributed by atoms with van der Waals surface area (Å²) < 4.78 is 0. The van der Waals surface area contributed by atoms with E-state index in [1.165, 1.54) is 19.3 Å². The van der Waals surface area contributed by atoms with Gasteiger partial charge < -0.3 is 5.11 Å². The third-order valence-electron chi connectivity index (χ3n) is 3.22. The molecule has 1 aliphatic heterocycles. The second-order valence-corrected chi connectivity index (χ2v) is 4.76. The highest BCUT2D eigenvalue weighted by molar-refractivity contribution is 5.80.